The number of hydrogen-bond donors (Lipinski definition) is 1. The normalized spacial score (nSPS) is 17.2. The van der Waals surface area contributed by atoms with Crippen molar-refractivity contribution in [3.05, 3.63) is 10.7 Å². The largest absolute Gasteiger partial charge is 0.464 e. The molecule has 0 aromatic rings. The molecular formula is C7H9ClN2O3. The monoisotopic (exact) mass is 204 g/mol. The second-order valence-corrected chi connectivity index (χ2v) is 2.97. The van der Waals surface area contributed by atoms with Crippen molar-refractivity contribution in [2.24, 2.45) is 0 Å². The molecule has 1 aliphatic heterocycles. The molecule has 0 saturated carbocycles. The number of carbonyl (C=O) groups is 2. The van der Waals surface area contributed by atoms with Crippen LogP contribution in [0.3, 0.4) is 0 Å². The van der Waals surface area contributed by atoms with Crippen LogP contribution in [0.15, 0.2) is 10.7 Å². The number of rotatable bonds is 1. The minimum Gasteiger partial charge on any atom is -0.464 e. The summed E-state index contributed by atoms with van der Waals surface area (Å²) >= 11 is 5.72. The first-order valence-corrected chi connectivity index (χ1v) is 3.94. The Hall–Kier alpha value is -1.23. The zero-order chi connectivity index (χ0) is 10.0. The Balaban J connectivity index is 2.97. The Bertz CT molecular complexity index is 287. The van der Waals surface area contributed by atoms with Crippen molar-refractivity contribution < 1.29 is 14.3 Å². The fraction of sp³-hybridized carbons (Fsp3) is 0.429. The minimum atomic E-state index is -0.563. The topological polar surface area (TPSA) is 58.6 Å². The molecule has 0 bridgehead atoms. The predicted octanol–water partition coefficient (Wildman–Crippen LogP) is -0.0235. The van der Waals surface area contributed by atoms with Crippen LogP contribution in [0.2, 0.25) is 0 Å². The predicted molar refractivity (Wildman–Crippen MR) is 45.4 cm³/mol. The third-order valence-corrected chi connectivity index (χ3v) is 1.89. The van der Waals surface area contributed by atoms with Crippen molar-refractivity contribution in [3.8, 4) is 0 Å². The number of methoxy groups -OCH3 is 1. The van der Waals surface area contributed by atoms with Gasteiger partial charge in [0.1, 0.15) is 0 Å². The maximum absolute atomic E-state index is 11.1. The maximum Gasteiger partial charge on any atom is 0.357 e. The van der Waals surface area contributed by atoms with E-state index in [4.69, 9.17) is 11.6 Å². The highest BCUT2D eigenvalue weighted by Crippen LogP contribution is 2.20. The first-order chi connectivity index (χ1) is 6.06. The molecule has 13 heavy (non-hydrogen) atoms. The molecular weight excluding hydrogens is 196 g/mol. The van der Waals surface area contributed by atoms with Crippen LogP contribution in [-0.2, 0) is 14.3 Å². The fourth-order valence-corrected chi connectivity index (χ4v) is 1.36. The molecule has 0 radical (unpaired) electrons. The summed E-state index contributed by atoms with van der Waals surface area (Å²) < 4.78 is 4.49. The summed E-state index contributed by atoms with van der Waals surface area (Å²) in [6.07, 6.45) is 0.0102. The van der Waals surface area contributed by atoms with Gasteiger partial charge in [0.25, 0.3) is 0 Å². The summed E-state index contributed by atoms with van der Waals surface area (Å²) in [5.74, 6) is -0.812. The zero-order valence-corrected chi connectivity index (χ0v) is 8.01. The molecule has 0 fully saturated rings. The highest BCUT2D eigenvalue weighted by Gasteiger charge is 2.26. The number of ether oxygens (including phenoxy) is 1. The van der Waals surface area contributed by atoms with Gasteiger partial charge in [-0.15, -0.1) is 0 Å². The molecule has 0 spiro atoms. The first kappa shape index (κ1) is 9.85. The Morgan fingerprint density at radius 1 is 1.69 bits per heavy atom. The van der Waals surface area contributed by atoms with Gasteiger partial charge in [-0.05, 0) is 0 Å². The average molecular weight is 205 g/mol. The number of amides is 1. The molecule has 0 aromatic heterocycles. The summed E-state index contributed by atoms with van der Waals surface area (Å²) in [5.41, 5.74) is 2.60. The van der Waals surface area contributed by atoms with Gasteiger partial charge in [-0.2, -0.15) is 0 Å². The smallest absolute Gasteiger partial charge is 0.357 e. The Morgan fingerprint density at radius 3 is 2.77 bits per heavy atom. The van der Waals surface area contributed by atoms with Crippen molar-refractivity contribution in [1.29, 1.82) is 0 Å². The molecule has 5 nitrogen and oxygen atoms in total. The Morgan fingerprint density at radius 2 is 2.31 bits per heavy atom. The fourth-order valence-electron chi connectivity index (χ4n) is 1.03. The molecule has 1 rings (SSSR count). The summed E-state index contributed by atoms with van der Waals surface area (Å²) in [7, 11) is 2.77. The van der Waals surface area contributed by atoms with Gasteiger partial charge >= 0.3 is 5.97 Å². The lowest BCUT2D eigenvalue weighted by atomic mass is 10.2. The van der Waals surface area contributed by atoms with Gasteiger partial charge in [0, 0.05) is 7.05 Å². The van der Waals surface area contributed by atoms with Crippen LogP contribution in [0.25, 0.3) is 0 Å². The SMILES string of the molecule is COC(=O)C1=C(Cl)CC(=O)NN1C. The summed E-state index contributed by atoms with van der Waals surface area (Å²) in [6, 6.07) is 0. The van der Waals surface area contributed by atoms with E-state index in [9.17, 15) is 9.59 Å². The standard InChI is InChI=1S/C7H9ClN2O3/c1-10-6(7(12)13-2)4(8)3-5(11)9-10/h3H2,1-2H3,(H,9,11). The van der Waals surface area contributed by atoms with E-state index in [0.29, 0.717) is 0 Å². The number of hydrogen-bond acceptors (Lipinski definition) is 4. The molecule has 1 aliphatic rings. The number of nitrogens with zero attached hydrogens (tertiary/aromatic N) is 1. The second kappa shape index (κ2) is 3.66. The van der Waals surface area contributed by atoms with Crippen molar-refractivity contribution in [2.75, 3.05) is 14.2 Å². The molecule has 0 unspecified atom stereocenters. The van der Waals surface area contributed by atoms with Crippen molar-refractivity contribution in [2.45, 2.75) is 6.42 Å². The van der Waals surface area contributed by atoms with Gasteiger partial charge in [0.2, 0.25) is 5.91 Å². The van der Waals surface area contributed by atoms with Crippen LogP contribution in [-0.4, -0.2) is 31.0 Å². The van der Waals surface area contributed by atoms with E-state index in [2.05, 4.69) is 10.2 Å². The van der Waals surface area contributed by atoms with Gasteiger partial charge in [-0.25, -0.2) is 4.79 Å². The van der Waals surface area contributed by atoms with Crippen molar-refractivity contribution >= 4 is 23.5 Å². The lowest BCUT2D eigenvalue weighted by Gasteiger charge is -2.26. The summed E-state index contributed by atoms with van der Waals surface area (Å²) in [6.45, 7) is 0. The molecule has 1 amide bonds. The lowest BCUT2D eigenvalue weighted by molar-refractivity contribution is -0.139. The molecule has 0 aliphatic carbocycles. The van der Waals surface area contributed by atoms with E-state index < -0.39 is 5.97 Å². The van der Waals surface area contributed by atoms with Gasteiger partial charge in [-0.3, -0.25) is 15.2 Å². The van der Waals surface area contributed by atoms with Crippen molar-refractivity contribution in [1.82, 2.24) is 10.4 Å². The first-order valence-electron chi connectivity index (χ1n) is 3.56. The minimum absolute atomic E-state index is 0.0102. The van der Waals surface area contributed by atoms with Crippen LogP contribution >= 0.6 is 11.6 Å². The van der Waals surface area contributed by atoms with Crippen LogP contribution in [0.1, 0.15) is 6.42 Å². The van der Waals surface area contributed by atoms with Gasteiger partial charge in [0.15, 0.2) is 5.70 Å². The number of halogens is 1. The van der Waals surface area contributed by atoms with Crippen LogP contribution in [0.4, 0.5) is 0 Å². The van der Waals surface area contributed by atoms with Gasteiger partial charge in [-0.1, -0.05) is 11.6 Å². The van der Waals surface area contributed by atoms with E-state index in [1.165, 1.54) is 19.2 Å². The Labute approximate surface area is 80.3 Å². The maximum atomic E-state index is 11.1. The quantitative estimate of drug-likeness (QED) is 0.610. The van der Waals surface area contributed by atoms with E-state index in [0.717, 1.165) is 0 Å². The zero-order valence-electron chi connectivity index (χ0n) is 7.26. The molecule has 72 valence electrons. The Kier molecular flexibility index (Phi) is 2.77. The van der Waals surface area contributed by atoms with Crippen LogP contribution in [0.5, 0.6) is 0 Å². The van der Waals surface area contributed by atoms with E-state index in [-0.39, 0.29) is 23.1 Å². The summed E-state index contributed by atoms with van der Waals surface area (Å²) in [4.78, 5) is 22.1. The number of carbonyl (C=O) groups excluding carboxylic acids is 2. The molecule has 0 saturated heterocycles. The third-order valence-electron chi connectivity index (χ3n) is 1.58. The van der Waals surface area contributed by atoms with Crippen LogP contribution in [0, 0.1) is 0 Å². The lowest BCUT2D eigenvalue weighted by Crippen LogP contribution is -2.44. The molecule has 1 N–H and O–H groups in total. The van der Waals surface area contributed by atoms with E-state index in [1.807, 2.05) is 0 Å². The highest BCUT2D eigenvalue weighted by molar-refractivity contribution is 6.33. The van der Waals surface area contributed by atoms with E-state index >= 15 is 0 Å². The van der Waals surface area contributed by atoms with Crippen molar-refractivity contribution in [3.63, 3.8) is 0 Å². The van der Waals surface area contributed by atoms with Gasteiger partial charge < -0.3 is 4.74 Å². The summed E-state index contributed by atoms with van der Waals surface area (Å²) in [5, 5.41) is 1.44. The molecule has 0 atom stereocenters. The highest BCUT2D eigenvalue weighted by atomic mass is 35.5. The number of likely N-dealkylation sites (N-methyl/N-ethyl adjacent to an activating group) is 1. The van der Waals surface area contributed by atoms with Gasteiger partial charge in [0.05, 0.1) is 18.6 Å². The average Bonchev–Trinajstić information content (AvgIpc) is 2.02. The van der Waals surface area contributed by atoms with E-state index in [1.54, 1.807) is 0 Å². The molecule has 1 heterocycles. The molecule has 0 aromatic carbocycles. The second-order valence-electron chi connectivity index (χ2n) is 2.52. The number of hydrazine groups is 1. The molecule has 6 heteroatoms. The number of esters is 1. The third kappa shape index (κ3) is 1.92. The van der Waals surface area contributed by atoms with Crippen LogP contribution < -0.4 is 5.43 Å². The number of nitrogens with one attached hydrogen (secondary N) is 1.